The standard InChI is InChI=1S/C30H40O20/c1-11(31)40-10-20-21(41-12(2)32)22(42-13(3)33)29(48-19(9)39)30(49-20)50-28-26(46-17(7)37)24(44-15(5)35)23(43-14(4)34)25(45-16(6)36)27(28)47-18(8)38/h20-30H,10H2,1-9H3/t20-,21-,22+,23?,24-,25+,26+,27-,28?,29-,30+/m1/s1. The highest BCUT2D eigenvalue weighted by Gasteiger charge is 2.62. The molecule has 50 heavy (non-hydrogen) atoms. The third kappa shape index (κ3) is 11.9. The zero-order valence-corrected chi connectivity index (χ0v) is 28.7. The summed E-state index contributed by atoms with van der Waals surface area (Å²) in [7, 11) is 0. The van der Waals surface area contributed by atoms with Gasteiger partial charge in [0.15, 0.2) is 55.1 Å². The SMILES string of the molecule is CC(=O)OC[C@H]1O[C@@H](OC2[C@@H](OC(C)=O)[C@H](OC(C)=O)C(OC(C)=O)[C@H](OC(C)=O)[C@H]2OC(C)=O)[C@H](OC(C)=O)[C@@H](OC(C)=O)[C@@H]1OC(C)=O. The van der Waals surface area contributed by atoms with Gasteiger partial charge in [-0.15, -0.1) is 0 Å². The Balaban J connectivity index is 2.89. The second-order valence-electron chi connectivity index (χ2n) is 11.0. The van der Waals surface area contributed by atoms with Gasteiger partial charge in [-0.3, -0.25) is 43.2 Å². The van der Waals surface area contributed by atoms with Gasteiger partial charge in [0.2, 0.25) is 0 Å². The Morgan fingerprint density at radius 1 is 0.360 bits per heavy atom. The van der Waals surface area contributed by atoms with E-state index in [0.717, 1.165) is 62.3 Å². The van der Waals surface area contributed by atoms with Crippen LogP contribution in [0.2, 0.25) is 0 Å². The molecule has 2 aliphatic rings. The van der Waals surface area contributed by atoms with Gasteiger partial charge in [-0.05, 0) is 0 Å². The highest BCUT2D eigenvalue weighted by atomic mass is 16.8. The summed E-state index contributed by atoms with van der Waals surface area (Å²) in [4.78, 5) is 110. The fourth-order valence-electron chi connectivity index (χ4n) is 5.36. The van der Waals surface area contributed by atoms with Crippen molar-refractivity contribution in [3.8, 4) is 0 Å². The Labute approximate surface area is 285 Å². The maximum atomic E-state index is 12.5. The van der Waals surface area contributed by atoms with Crippen LogP contribution in [0, 0.1) is 0 Å². The lowest BCUT2D eigenvalue weighted by Gasteiger charge is -2.50. The van der Waals surface area contributed by atoms with E-state index >= 15 is 0 Å². The highest BCUT2D eigenvalue weighted by molar-refractivity contribution is 5.71. The minimum atomic E-state index is -1.96. The predicted octanol–water partition coefficient (Wildman–Crippen LogP) is -0.873. The molecular formula is C30H40O20. The summed E-state index contributed by atoms with van der Waals surface area (Å²) in [6.45, 7) is 8.17. The summed E-state index contributed by atoms with van der Waals surface area (Å²) in [5.74, 6) is -8.68. The fraction of sp³-hybridized carbons (Fsp3) is 0.700. The molecule has 20 nitrogen and oxygen atoms in total. The zero-order valence-electron chi connectivity index (χ0n) is 28.7. The molecule has 0 spiro atoms. The van der Waals surface area contributed by atoms with E-state index in [2.05, 4.69) is 0 Å². The minimum absolute atomic E-state index is 0.649. The van der Waals surface area contributed by atoms with Crippen LogP contribution >= 0.6 is 0 Å². The second-order valence-corrected chi connectivity index (χ2v) is 11.0. The maximum absolute atomic E-state index is 12.5. The third-order valence-electron chi connectivity index (χ3n) is 6.69. The van der Waals surface area contributed by atoms with E-state index in [9.17, 15) is 43.2 Å². The van der Waals surface area contributed by atoms with Crippen molar-refractivity contribution >= 4 is 53.7 Å². The summed E-state index contributed by atoms with van der Waals surface area (Å²) in [5.41, 5.74) is 0. The zero-order chi connectivity index (χ0) is 38.0. The van der Waals surface area contributed by atoms with Crippen molar-refractivity contribution in [2.24, 2.45) is 0 Å². The third-order valence-corrected chi connectivity index (χ3v) is 6.69. The van der Waals surface area contributed by atoms with Crippen molar-refractivity contribution in [1.29, 1.82) is 0 Å². The lowest BCUT2D eigenvalue weighted by atomic mass is 9.83. The molecule has 0 aromatic rings. The van der Waals surface area contributed by atoms with E-state index in [-0.39, 0.29) is 0 Å². The number of ether oxygens (including phenoxy) is 11. The number of hydrogen-bond acceptors (Lipinski definition) is 20. The van der Waals surface area contributed by atoms with E-state index in [1.54, 1.807) is 0 Å². The first kappa shape index (κ1) is 41.3. The molecular weight excluding hydrogens is 680 g/mol. The Kier molecular flexibility index (Phi) is 15.1. The van der Waals surface area contributed by atoms with E-state index in [1.807, 2.05) is 0 Å². The van der Waals surface area contributed by atoms with Gasteiger partial charge in [-0.1, -0.05) is 0 Å². The average Bonchev–Trinajstić information content (AvgIpc) is 2.94. The Morgan fingerprint density at radius 2 is 0.620 bits per heavy atom. The van der Waals surface area contributed by atoms with Crippen molar-refractivity contribution in [3.63, 3.8) is 0 Å². The predicted molar refractivity (Wildman–Crippen MR) is 155 cm³/mol. The molecule has 0 bridgehead atoms. The monoisotopic (exact) mass is 720 g/mol. The molecule has 1 aliphatic heterocycles. The van der Waals surface area contributed by atoms with Gasteiger partial charge in [-0.25, -0.2) is 0 Å². The molecule has 280 valence electrons. The molecule has 2 fully saturated rings. The maximum Gasteiger partial charge on any atom is 0.303 e. The summed E-state index contributed by atoms with van der Waals surface area (Å²) in [6, 6.07) is 0. The molecule has 0 aromatic heterocycles. The number of carbonyl (C=O) groups is 9. The van der Waals surface area contributed by atoms with E-state index < -0.39 is 128 Å². The van der Waals surface area contributed by atoms with Gasteiger partial charge in [0.05, 0.1) is 0 Å². The number of esters is 9. The van der Waals surface area contributed by atoms with Gasteiger partial charge in [0, 0.05) is 62.3 Å². The van der Waals surface area contributed by atoms with Crippen LogP contribution in [0.1, 0.15) is 62.3 Å². The smallest absolute Gasteiger partial charge is 0.303 e. The van der Waals surface area contributed by atoms with E-state index in [1.165, 1.54) is 0 Å². The number of carbonyl (C=O) groups excluding carboxylic acids is 9. The fourth-order valence-corrected chi connectivity index (χ4v) is 5.36. The molecule has 0 N–H and O–H groups in total. The molecule has 0 amide bonds. The second kappa shape index (κ2) is 18.2. The summed E-state index contributed by atoms with van der Waals surface area (Å²) in [5, 5.41) is 0. The topological polar surface area (TPSA) is 255 Å². The van der Waals surface area contributed by atoms with Crippen LogP contribution in [0.15, 0.2) is 0 Å². The lowest BCUT2D eigenvalue weighted by molar-refractivity contribution is -0.343. The molecule has 1 heterocycles. The molecule has 2 unspecified atom stereocenters. The Bertz CT molecular complexity index is 1280. The summed E-state index contributed by atoms with van der Waals surface area (Å²) < 4.78 is 60.5. The molecule has 11 atom stereocenters. The Morgan fingerprint density at radius 3 is 0.920 bits per heavy atom. The molecule has 1 saturated carbocycles. The first-order valence-electron chi connectivity index (χ1n) is 15.0. The van der Waals surface area contributed by atoms with E-state index in [4.69, 9.17) is 52.1 Å². The lowest BCUT2D eigenvalue weighted by Crippen LogP contribution is -2.70. The molecule has 1 saturated heterocycles. The largest absolute Gasteiger partial charge is 0.463 e. The van der Waals surface area contributed by atoms with Crippen LogP contribution in [0.25, 0.3) is 0 Å². The number of rotatable bonds is 12. The first-order valence-corrected chi connectivity index (χ1v) is 15.0. The van der Waals surface area contributed by atoms with Gasteiger partial charge in [0.25, 0.3) is 0 Å². The van der Waals surface area contributed by atoms with Crippen LogP contribution in [-0.2, 0) is 95.3 Å². The minimum Gasteiger partial charge on any atom is -0.463 e. The highest BCUT2D eigenvalue weighted by Crippen LogP contribution is 2.38. The van der Waals surface area contributed by atoms with Gasteiger partial charge >= 0.3 is 53.7 Å². The van der Waals surface area contributed by atoms with Crippen molar-refractivity contribution in [2.75, 3.05) is 6.61 Å². The molecule has 0 radical (unpaired) electrons. The van der Waals surface area contributed by atoms with Crippen LogP contribution in [0.5, 0.6) is 0 Å². The van der Waals surface area contributed by atoms with Crippen molar-refractivity contribution in [1.82, 2.24) is 0 Å². The molecule has 2 rings (SSSR count). The number of hydrogen-bond donors (Lipinski definition) is 0. The van der Waals surface area contributed by atoms with Crippen LogP contribution in [0.4, 0.5) is 0 Å². The molecule has 20 heteroatoms. The van der Waals surface area contributed by atoms with Crippen molar-refractivity contribution in [3.05, 3.63) is 0 Å². The Hall–Kier alpha value is -4.85. The van der Waals surface area contributed by atoms with Crippen LogP contribution in [0.3, 0.4) is 0 Å². The van der Waals surface area contributed by atoms with Crippen molar-refractivity contribution < 1.29 is 95.3 Å². The normalized spacial score (nSPS) is 30.3. The summed E-state index contributed by atoms with van der Waals surface area (Å²) in [6.07, 6.45) is -19.6. The van der Waals surface area contributed by atoms with E-state index in [0.29, 0.717) is 0 Å². The van der Waals surface area contributed by atoms with Gasteiger partial charge in [0.1, 0.15) is 18.8 Å². The average molecular weight is 721 g/mol. The quantitative estimate of drug-likeness (QED) is 0.175. The first-order chi connectivity index (χ1) is 23.2. The molecule has 1 aliphatic carbocycles. The molecule has 0 aromatic carbocycles. The van der Waals surface area contributed by atoms with Crippen LogP contribution in [-0.4, -0.2) is 128 Å². The van der Waals surface area contributed by atoms with Gasteiger partial charge < -0.3 is 52.1 Å². The summed E-state index contributed by atoms with van der Waals surface area (Å²) >= 11 is 0. The van der Waals surface area contributed by atoms with Crippen LogP contribution < -0.4 is 0 Å². The van der Waals surface area contributed by atoms with Gasteiger partial charge in [-0.2, -0.15) is 0 Å². The van der Waals surface area contributed by atoms with Crippen molar-refractivity contribution in [2.45, 2.75) is 130 Å².